The molecule has 1 unspecified atom stereocenters. The van der Waals surface area contributed by atoms with Gasteiger partial charge in [-0.1, -0.05) is 6.92 Å². The third-order valence-electron chi connectivity index (χ3n) is 6.54. The first-order chi connectivity index (χ1) is 17.5. The van der Waals surface area contributed by atoms with Crippen LogP contribution >= 0.6 is 0 Å². The summed E-state index contributed by atoms with van der Waals surface area (Å²) in [6.07, 6.45) is -22.9. The van der Waals surface area contributed by atoms with Crippen LogP contribution < -0.4 is 0 Å². The van der Waals surface area contributed by atoms with Crippen molar-refractivity contribution in [2.24, 2.45) is 0 Å². The number of rotatable bonds is 10. The highest BCUT2D eigenvalue weighted by molar-refractivity contribution is 4.95. The molecular weight excluding hydrogens is 508 g/mol. The van der Waals surface area contributed by atoms with Gasteiger partial charge in [0.25, 0.3) is 0 Å². The Bertz CT molecular complexity index is 683. The minimum Gasteiger partial charge on any atom is -0.394 e. The van der Waals surface area contributed by atoms with Gasteiger partial charge in [0.05, 0.1) is 19.8 Å². The van der Waals surface area contributed by atoms with Crippen molar-refractivity contribution in [3.05, 3.63) is 0 Å². The molecule has 16 heteroatoms. The average molecular weight is 547 g/mol. The van der Waals surface area contributed by atoms with E-state index in [4.69, 9.17) is 28.4 Å². The molecule has 0 aromatic heterocycles. The summed E-state index contributed by atoms with van der Waals surface area (Å²) in [5, 5.41) is 101. The molecule has 3 aliphatic rings. The quantitative estimate of drug-likeness (QED) is 0.122. The van der Waals surface area contributed by atoms with Crippen LogP contribution in [-0.2, 0) is 28.4 Å². The number of hydrogen-bond donors (Lipinski definition) is 10. The van der Waals surface area contributed by atoms with Crippen molar-refractivity contribution in [3.8, 4) is 0 Å². The van der Waals surface area contributed by atoms with E-state index >= 15 is 0 Å². The Morgan fingerprint density at radius 2 is 1.03 bits per heavy atom. The highest BCUT2D eigenvalue weighted by Gasteiger charge is 2.52. The summed E-state index contributed by atoms with van der Waals surface area (Å²) in [6.45, 7) is 0.0245. The lowest BCUT2D eigenvalue weighted by atomic mass is 9.96. The van der Waals surface area contributed by atoms with Crippen molar-refractivity contribution in [1.29, 1.82) is 0 Å². The zero-order valence-corrected chi connectivity index (χ0v) is 20.1. The Morgan fingerprint density at radius 3 is 1.57 bits per heavy atom. The topological polar surface area (TPSA) is 258 Å². The largest absolute Gasteiger partial charge is 0.394 e. The third-order valence-corrected chi connectivity index (χ3v) is 6.54. The van der Waals surface area contributed by atoms with Crippen LogP contribution in [0, 0.1) is 0 Å². The summed E-state index contributed by atoms with van der Waals surface area (Å²) >= 11 is 0. The second-order valence-corrected chi connectivity index (χ2v) is 9.22. The third kappa shape index (κ3) is 6.75. The van der Waals surface area contributed by atoms with Gasteiger partial charge in [-0.3, -0.25) is 0 Å². The molecule has 16 nitrogen and oxygen atoms in total. The molecule has 0 amide bonds. The molecule has 0 radical (unpaired) electrons. The molecule has 0 aromatic rings. The van der Waals surface area contributed by atoms with Gasteiger partial charge in [-0.15, -0.1) is 0 Å². The number of aliphatic hydroxyl groups excluding tert-OH is 10. The van der Waals surface area contributed by atoms with Gasteiger partial charge in [0.15, 0.2) is 18.9 Å². The highest BCUT2D eigenvalue weighted by atomic mass is 16.7. The number of aliphatic hydroxyl groups is 10. The van der Waals surface area contributed by atoms with E-state index in [1.54, 1.807) is 6.92 Å². The first kappa shape index (κ1) is 30.9. The van der Waals surface area contributed by atoms with Crippen LogP contribution in [0.1, 0.15) is 13.3 Å². The molecule has 0 aliphatic carbocycles. The highest BCUT2D eigenvalue weighted by Crippen LogP contribution is 2.31. The molecule has 0 spiro atoms. The van der Waals surface area contributed by atoms with Gasteiger partial charge in [-0.05, 0) is 6.42 Å². The normalized spacial score (nSPS) is 49.2. The first-order valence-corrected chi connectivity index (χ1v) is 12.1. The molecule has 218 valence electrons. The monoisotopic (exact) mass is 546 g/mol. The van der Waals surface area contributed by atoms with Gasteiger partial charge in [-0.2, -0.15) is 0 Å². The summed E-state index contributed by atoms with van der Waals surface area (Å²) in [6, 6.07) is 0. The minimum atomic E-state index is -1.81. The van der Waals surface area contributed by atoms with Crippen LogP contribution in [0.25, 0.3) is 0 Å². The Hall–Kier alpha value is -0.640. The predicted molar refractivity (Wildman–Crippen MR) is 115 cm³/mol. The van der Waals surface area contributed by atoms with E-state index < -0.39 is 112 Å². The zero-order chi connectivity index (χ0) is 27.4. The summed E-state index contributed by atoms with van der Waals surface area (Å²) < 4.78 is 32.7. The Balaban J connectivity index is 1.73. The molecule has 0 saturated carbocycles. The maximum absolute atomic E-state index is 10.9. The lowest BCUT2D eigenvalue weighted by Gasteiger charge is -2.46. The number of hydrogen-bond acceptors (Lipinski definition) is 16. The van der Waals surface area contributed by atoms with Gasteiger partial charge in [0.1, 0.15) is 73.2 Å². The smallest absolute Gasteiger partial charge is 0.187 e. The van der Waals surface area contributed by atoms with Gasteiger partial charge < -0.3 is 79.5 Å². The molecule has 3 fully saturated rings. The van der Waals surface area contributed by atoms with Crippen molar-refractivity contribution in [2.75, 3.05) is 26.4 Å². The maximum Gasteiger partial charge on any atom is 0.187 e. The van der Waals surface area contributed by atoms with Gasteiger partial charge in [0.2, 0.25) is 0 Å². The van der Waals surface area contributed by atoms with E-state index in [-0.39, 0.29) is 6.61 Å². The summed E-state index contributed by atoms with van der Waals surface area (Å²) in [5.41, 5.74) is 0. The molecule has 3 rings (SSSR count). The molecule has 3 saturated heterocycles. The summed E-state index contributed by atoms with van der Waals surface area (Å²) in [4.78, 5) is 0. The Labute approximate surface area is 212 Å². The van der Waals surface area contributed by atoms with E-state index in [0.717, 1.165) is 0 Å². The molecular formula is C21H38O16. The second kappa shape index (κ2) is 13.6. The number of ether oxygens (including phenoxy) is 6. The van der Waals surface area contributed by atoms with Crippen LogP contribution in [-0.4, -0.2) is 170 Å². The lowest BCUT2D eigenvalue weighted by molar-refractivity contribution is -0.366. The standard InChI is InChI=1S/C21H38O16/c1-2-3-32-20-17(31)18(37-21-16(30)14(28)11(25)8(5-23)35-21)12(26)9(36-20)6-33-19-15(29)13(27)10(24)7(4-22)34-19/h7-31H,2-6H2,1H3/t7-,8-,9-,10-,11-,12-,13+,14+,15+,16+,17-,18+,19?,20+,21-/m1/s1. The van der Waals surface area contributed by atoms with E-state index in [1.807, 2.05) is 0 Å². The van der Waals surface area contributed by atoms with Crippen LogP contribution in [0.4, 0.5) is 0 Å². The predicted octanol–water partition coefficient (Wildman–Crippen LogP) is -6.14. The van der Waals surface area contributed by atoms with Crippen LogP contribution in [0.15, 0.2) is 0 Å². The fourth-order valence-corrected chi connectivity index (χ4v) is 4.30. The summed E-state index contributed by atoms with van der Waals surface area (Å²) in [5.74, 6) is 0. The van der Waals surface area contributed by atoms with Crippen molar-refractivity contribution in [2.45, 2.75) is 105 Å². The van der Waals surface area contributed by atoms with E-state index in [9.17, 15) is 51.1 Å². The van der Waals surface area contributed by atoms with Crippen molar-refractivity contribution < 1.29 is 79.5 Å². The van der Waals surface area contributed by atoms with Gasteiger partial charge in [0, 0.05) is 6.61 Å². The molecule has 37 heavy (non-hydrogen) atoms. The van der Waals surface area contributed by atoms with Crippen LogP contribution in [0.2, 0.25) is 0 Å². The molecule has 15 atom stereocenters. The molecule has 3 aliphatic heterocycles. The SMILES string of the molecule is CCCO[C@H]1O[C@H](COC2O[C@H](CO)[C@@H](O)[C@H](O)[C@@H]2O)[C@@H](O)[C@H](O[C@H]2O[C@H](CO)[C@@H](O)[C@H](O)[C@@H]2O)[C@H]1O. The lowest BCUT2D eigenvalue weighted by Crippen LogP contribution is -2.65. The molecule has 3 heterocycles. The minimum absolute atomic E-state index is 0.144. The van der Waals surface area contributed by atoms with Crippen LogP contribution in [0.3, 0.4) is 0 Å². The van der Waals surface area contributed by atoms with E-state index in [1.165, 1.54) is 0 Å². The van der Waals surface area contributed by atoms with Gasteiger partial charge >= 0.3 is 0 Å². The van der Waals surface area contributed by atoms with Crippen LogP contribution in [0.5, 0.6) is 0 Å². The fourth-order valence-electron chi connectivity index (χ4n) is 4.30. The zero-order valence-electron chi connectivity index (χ0n) is 20.1. The molecule has 0 aromatic carbocycles. The molecule has 0 bridgehead atoms. The second-order valence-electron chi connectivity index (χ2n) is 9.22. The van der Waals surface area contributed by atoms with Crippen molar-refractivity contribution in [3.63, 3.8) is 0 Å². The average Bonchev–Trinajstić information content (AvgIpc) is 2.89. The van der Waals surface area contributed by atoms with E-state index in [0.29, 0.717) is 6.42 Å². The van der Waals surface area contributed by atoms with E-state index in [2.05, 4.69) is 0 Å². The Morgan fingerprint density at radius 1 is 0.541 bits per heavy atom. The van der Waals surface area contributed by atoms with Crippen molar-refractivity contribution in [1.82, 2.24) is 0 Å². The summed E-state index contributed by atoms with van der Waals surface area (Å²) in [7, 11) is 0. The van der Waals surface area contributed by atoms with Crippen molar-refractivity contribution >= 4 is 0 Å². The first-order valence-electron chi connectivity index (χ1n) is 12.1. The fraction of sp³-hybridized carbons (Fsp3) is 1.00. The molecule has 10 N–H and O–H groups in total. The maximum atomic E-state index is 10.9. The van der Waals surface area contributed by atoms with Gasteiger partial charge in [-0.25, -0.2) is 0 Å². The Kier molecular flexibility index (Phi) is 11.4.